The Labute approximate surface area is 109 Å². The lowest BCUT2D eigenvalue weighted by Gasteiger charge is -1.97. The maximum atomic E-state index is 4.52. The van der Waals surface area contributed by atoms with Crippen LogP contribution in [-0.4, -0.2) is 9.36 Å². The molecule has 0 saturated heterocycles. The Morgan fingerprint density at radius 1 is 1.41 bits per heavy atom. The molecule has 1 fully saturated rings. The van der Waals surface area contributed by atoms with E-state index in [-0.39, 0.29) is 0 Å². The summed E-state index contributed by atoms with van der Waals surface area (Å²) in [6.45, 7) is 5.18. The summed E-state index contributed by atoms with van der Waals surface area (Å²) in [5, 5.41) is 4.31. The van der Waals surface area contributed by atoms with Gasteiger partial charge in [-0.15, -0.1) is 11.3 Å². The number of aryl methyl sites for hydroxylation is 2. The van der Waals surface area contributed by atoms with Gasteiger partial charge >= 0.3 is 0 Å². The Balaban J connectivity index is 1.62. The van der Waals surface area contributed by atoms with Crippen LogP contribution in [0.5, 0.6) is 0 Å². The van der Waals surface area contributed by atoms with E-state index in [1.807, 2.05) is 11.3 Å². The van der Waals surface area contributed by atoms with Crippen molar-refractivity contribution >= 4 is 28.0 Å². The molecule has 0 bridgehead atoms. The van der Waals surface area contributed by atoms with Crippen molar-refractivity contribution in [2.75, 3.05) is 5.32 Å². The lowest BCUT2D eigenvalue weighted by Crippen LogP contribution is -1.96. The molecule has 1 saturated carbocycles. The minimum Gasteiger partial charge on any atom is -0.355 e. The van der Waals surface area contributed by atoms with Gasteiger partial charge in [-0.1, -0.05) is 0 Å². The molecule has 2 aromatic rings. The second kappa shape index (κ2) is 4.38. The fourth-order valence-corrected chi connectivity index (χ4v) is 3.35. The molecule has 0 aliphatic heterocycles. The van der Waals surface area contributed by atoms with Crippen molar-refractivity contribution in [2.45, 2.75) is 39.2 Å². The Morgan fingerprint density at radius 3 is 2.88 bits per heavy atom. The van der Waals surface area contributed by atoms with Crippen LogP contribution in [0.4, 0.5) is 5.13 Å². The number of aromatic nitrogens is 2. The molecule has 3 rings (SSSR count). The number of nitrogens with one attached hydrogen (secondary N) is 1. The standard InChI is InChI=1S/C12H15N3S2/c1-7-5-10(16-8(7)2)6-13-12-14-11(15-17-12)9-3-4-9/h5,9H,3-4,6H2,1-2H3,(H,13,14,15). The Kier molecular flexibility index (Phi) is 2.88. The van der Waals surface area contributed by atoms with Crippen LogP contribution < -0.4 is 5.32 Å². The minimum absolute atomic E-state index is 0.646. The summed E-state index contributed by atoms with van der Waals surface area (Å²) in [5.41, 5.74) is 1.38. The van der Waals surface area contributed by atoms with Gasteiger partial charge in [0.1, 0.15) is 5.82 Å². The molecule has 0 aromatic carbocycles. The van der Waals surface area contributed by atoms with Gasteiger partial charge < -0.3 is 5.32 Å². The summed E-state index contributed by atoms with van der Waals surface area (Å²) in [7, 11) is 0. The van der Waals surface area contributed by atoms with Crippen LogP contribution >= 0.6 is 22.9 Å². The molecular weight excluding hydrogens is 250 g/mol. The number of rotatable bonds is 4. The first-order valence-electron chi connectivity index (χ1n) is 5.86. The van der Waals surface area contributed by atoms with Crippen LogP contribution in [0.2, 0.25) is 0 Å². The normalized spacial score (nSPS) is 15.2. The monoisotopic (exact) mass is 265 g/mol. The molecule has 0 unspecified atom stereocenters. The minimum atomic E-state index is 0.646. The average Bonchev–Trinajstić information content (AvgIpc) is 2.96. The lowest BCUT2D eigenvalue weighted by atomic mass is 10.3. The first kappa shape index (κ1) is 11.2. The van der Waals surface area contributed by atoms with Crippen molar-refractivity contribution in [3.63, 3.8) is 0 Å². The third kappa shape index (κ3) is 2.50. The fourth-order valence-electron chi connectivity index (χ4n) is 1.71. The van der Waals surface area contributed by atoms with Gasteiger partial charge in [-0.25, -0.2) is 4.98 Å². The van der Waals surface area contributed by atoms with E-state index in [4.69, 9.17) is 0 Å². The van der Waals surface area contributed by atoms with Gasteiger partial charge in [0.05, 0.1) is 6.54 Å². The van der Waals surface area contributed by atoms with E-state index in [2.05, 4.69) is 34.6 Å². The first-order chi connectivity index (χ1) is 8.22. The summed E-state index contributed by atoms with van der Waals surface area (Å²) < 4.78 is 4.38. The second-order valence-electron chi connectivity index (χ2n) is 4.54. The number of nitrogens with zero attached hydrogens (tertiary/aromatic N) is 2. The van der Waals surface area contributed by atoms with E-state index in [1.165, 1.54) is 39.7 Å². The smallest absolute Gasteiger partial charge is 0.202 e. The van der Waals surface area contributed by atoms with Crippen molar-refractivity contribution in [3.05, 3.63) is 27.2 Å². The highest BCUT2D eigenvalue weighted by Gasteiger charge is 2.27. The number of hydrogen-bond acceptors (Lipinski definition) is 5. The highest BCUT2D eigenvalue weighted by atomic mass is 32.1. The van der Waals surface area contributed by atoms with E-state index >= 15 is 0 Å². The zero-order valence-electron chi connectivity index (χ0n) is 9.99. The van der Waals surface area contributed by atoms with E-state index in [0.717, 1.165) is 17.5 Å². The molecule has 0 spiro atoms. The summed E-state index contributed by atoms with van der Waals surface area (Å²) in [4.78, 5) is 7.28. The third-order valence-electron chi connectivity index (χ3n) is 3.02. The van der Waals surface area contributed by atoms with Crippen LogP contribution in [0.1, 0.15) is 39.9 Å². The topological polar surface area (TPSA) is 37.8 Å². The molecule has 3 nitrogen and oxygen atoms in total. The highest BCUT2D eigenvalue weighted by Crippen LogP contribution is 2.39. The van der Waals surface area contributed by atoms with E-state index in [0.29, 0.717) is 5.92 Å². The first-order valence-corrected chi connectivity index (χ1v) is 7.45. The quantitative estimate of drug-likeness (QED) is 0.916. The van der Waals surface area contributed by atoms with Gasteiger partial charge in [-0.2, -0.15) is 4.37 Å². The second-order valence-corrected chi connectivity index (χ2v) is 6.63. The molecule has 90 valence electrons. The third-order valence-corrected chi connectivity index (χ3v) is 4.85. The predicted octanol–water partition coefficient (Wildman–Crippen LogP) is 3.71. The number of hydrogen-bond donors (Lipinski definition) is 1. The molecule has 2 heterocycles. The maximum Gasteiger partial charge on any atom is 0.202 e. The average molecular weight is 265 g/mol. The SMILES string of the molecule is Cc1cc(CNc2nc(C3CC3)ns2)sc1C. The van der Waals surface area contributed by atoms with E-state index in [1.54, 1.807) is 0 Å². The molecule has 1 aliphatic rings. The van der Waals surface area contributed by atoms with Crippen LogP contribution in [0, 0.1) is 13.8 Å². The number of anilines is 1. The summed E-state index contributed by atoms with van der Waals surface area (Å²) >= 11 is 3.33. The van der Waals surface area contributed by atoms with Crippen molar-refractivity contribution < 1.29 is 0 Å². The Hall–Kier alpha value is -0.940. The van der Waals surface area contributed by atoms with Gasteiger partial charge in [0.15, 0.2) is 0 Å². The van der Waals surface area contributed by atoms with Crippen molar-refractivity contribution in [2.24, 2.45) is 0 Å². The zero-order valence-corrected chi connectivity index (χ0v) is 11.6. The molecule has 0 amide bonds. The molecule has 1 aliphatic carbocycles. The van der Waals surface area contributed by atoms with Crippen molar-refractivity contribution in [1.82, 2.24) is 9.36 Å². The molecular formula is C12H15N3S2. The largest absolute Gasteiger partial charge is 0.355 e. The van der Waals surface area contributed by atoms with Gasteiger partial charge in [-0.05, 0) is 38.3 Å². The van der Waals surface area contributed by atoms with Gasteiger partial charge in [0.2, 0.25) is 5.13 Å². The Bertz CT molecular complexity index is 506. The van der Waals surface area contributed by atoms with Gasteiger partial charge in [0, 0.05) is 27.2 Å². The molecule has 0 atom stereocenters. The lowest BCUT2D eigenvalue weighted by molar-refractivity contribution is 0.981. The van der Waals surface area contributed by atoms with E-state index < -0.39 is 0 Å². The van der Waals surface area contributed by atoms with Crippen LogP contribution in [0.25, 0.3) is 0 Å². The van der Waals surface area contributed by atoms with Gasteiger partial charge in [0.25, 0.3) is 0 Å². The molecule has 2 aromatic heterocycles. The Morgan fingerprint density at radius 2 is 2.24 bits per heavy atom. The van der Waals surface area contributed by atoms with Gasteiger partial charge in [-0.3, -0.25) is 0 Å². The molecule has 0 radical (unpaired) electrons. The predicted molar refractivity (Wildman–Crippen MR) is 73.0 cm³/mol. The summed E-state index contributed by atoms with van der Waals surface area (Å²) in [6.07, 6.45) is 2.53. The fraction of sp³-hybridized carbons (Fsp3) is 0.500. The van der Waals surface area contributed by atoms with Crippen LogP contribution in [0.15, 0.2) is 6.07 Å². The van der Waals surface area contributed by atoms with Crippen molar-refractivity contribution in [3.8, 4) is 0 Å². The van der Waals surface area contributed by atoms with Crippen LogP contribution in [0.3, 0.4) is 0 Å². The molecule has 1 N–H and O–H groups in total. The van der Waals surface area contributed by atoms with Crippen LogP contribution in [-0.2, 0) is 6.54 Å². The number of thiophene rings is 1. The maximum absolute atomic E-state index is 4.52. The van der Waals surface area contributed by atoms with E-state index in [9.17, 15) is 0 Å². The van der Waals surface area contributed by atoms with Crippen molar-refractivity contribution in [1.29, 1.82) is 0 Å². The summed E-state index contributed by atoms with van der Waals surface area (Å²) in [5.74, 6) is 1.68. The zero-order chi connectivity index (χ0) is 11.8. The molecule has 5 heteroatoms. The summed E-state index contributed by atoms with van der Waals surface area (Å²) in [6, 6.07) is 2.25. The molecule has 17 heavy (non-hydrogen) atoms. The highest BCUT2D eigenvalue weighted by molar-refractivity contribution is 7.12.